The van der Waals surface area contributed by atoms with Gasteiger partial charge in [0.1, 0.15) is 11.9 Å². The number of aromatic nitrogens is 3. The summed E-state index contributed by atoms with van der Waals surface area (Å²) in [7, 11) is 1.79. The molecule has 8 nitrogen and oxygen atoms in total. The van der Waals surface area contributed by atoms with Gasteiger partial charge in [-0.2, -0.15) is 5.10 Å². The Hall–Kier alpha value is -4.46. The SMILES string of the molecule is CC(Nc1ccc(-c2ccnn2C)c(C(N)=O)c1)C(=O)Nc1ccc(-c2ccccc2)cn1. The summed E-state index contributed by atoms with van der Waals surface area (Å²) in [5.41, 5.74) is 10.0. The van der Waals surface area contributed by atoms with E-state index < -0.39 is 11.9 Å². The first-order valence-corrected chi connectivity index (χ1v) is 10.4. The van der Waals surface area contributed by atoms with E-state index in [2.05, 4.69) is 20.7 Å². The van der Waals surface area contributed by atoms with Crippen LogP contribution in [-0.4, -0.2) is 32.6 Å². The summed E-state index contributed by atoms with van der Waals surface area (Å²) in [5, 5.41) is 10.1. The second kappa shape index (κ2) is 9.35. The molecule has 4 N–H and O–H groups in total. The third kappa shape index (κ3) is 4.90. The van der Waals surface area contributed by atoms with Crippen molar-refractivity contribution in [1.82, 2.24) is 14.8 Å². The highest BCUT2D eigenvalue weighted by atomic mass is 16.2. The number of nitrogens with zero attached hydrogens (tertiary/aromatic N) is 3. The van der Waals surface area contributed by atoms with Crippen molar-refractivity contribution in [2.75, 3.05) is 10.6 Å². The lowest BCUT2D eigenvalue weighted by molar-refractivity contribution is -0.116. The van der Waals surface area contributed by atoms with Gasteiger partial charge < -0.3 is 16.4 Å². The molecular weight excluding hydrogens is 416 g/mol. The Morgan fingerprint density at radius 3 is 2.42 bits per heavy atom. The summed E-state index contributed by atoms with van der Waals surface area (Å²) in [6, 6.07) is 20.0. The molecular formula is C25H24N6O2. The number of pyridine rings is 1. The predicted molar refractivity (Wildman–Crippen MR) is 129 cm³/mol. The van der Waals surface area contributed by atoms with Crippen molar-refractivity contribution in [3.8, 4) is 22.4 Å². The van der Waals surface area contributed by atoms with Crippen molar-refractivity contribution in [2.24, 2.45) is 12.8 Å². The number of hydrogen-bond acceptors (Lipinski definition) is 5. The summed E-state index contributed by atoms with van der Waals surface area (Å²) in [6.45, 7) is 1.73. The van der Waals surface area contributed by atoms with Crippen molar-refractivity contribution >= 4 is 23.3 Å². The molecule has 0 aliphatic heterocycles. The maximum atomic E-state index is 12.7. The van der Waals surface area contributed by atoms with Crippen LogP contribution in [0.4, 0.5) is 11.5 Å². The number of hydrogen-bond donors (Lipinski definition) is 3. The first-order chi connectivity index (χ1) is 15.9. The number of rotatable bonds is 7. The lowest BCUT2D eigenvalue weighted by Crippen LogP contribution is -2.32. The van der Waals surface area contributed by atoms with Crippen molar-refractivity contribution in [3.05, 3.63) is 84.7 Å². The van der Waals surface area contributed by atoms with Gasteiger partial charge in [0.15, 0.2) is 0 Å². The van der Waals surface area contributed by atoms with Crippen LogP contribution in [0, 0.1) is 0 Å². The van der Waals surface area contributed by atoms with E-state index in [1.165, 1.54) is 0 Å². The highest BCUT2D eigenvalue weighted by Gasteiger charge is 2.17. The maximum Gasteiger partial charge on any atom is 0.249 e. The van der Waals surface area contributed by atoms with Crippen molar-refractivity contribution in [1.29, 1.82) is 0 Å². The topological polar surface area (TPSA) is 115 Å². The van der Waals surface area contributed by atoms with E-state index in [4.69, 9.17) is 5.73 Å². The highest BCUT2D eigenvalue weighted by Crippen LogP contribution is 2.26. The Morgan fingerprint density at radius 1 is 1.00 bits per heavy atom. The Morgan fingerprint density at radius 2 is 1.79 bits per heavy atom. The molecule has 0 aliphatic rings. The van der Waals surface area contributed by atoms with Crippen LogP contribution in [-0.2, 0) is 11.8 Å². The number of primary amides is 1. The van der Waals surface area contributed by atoms with Gasteiger partial charge in [0.2, 0.25) is 11.8 Å². The van der Waals surface area contributed by atoms with Crippen LogP contribution >= 0.6 is 0 Å². The molecule has 2 amide bonds. The molecule has 0 spiro atoms. The molecule has 1 atom stereocenters. The molecule has 4 rings (SSSR count). The smallest absolute Gasteiger partial charge is 0.249 e. The lowest BCUT2D eigenvalue weighted by atomic mass is 10.0. The van der Waals surface area contributed by atoms with E-state index in [1.807, 2.05) is 36.4 Å². The zero-order valence-corrected chi connectivity index (χ0v) is 18.3. The first-order valence-electron chi connectivity index (χ1n) is 10.4. The zero-order chi connectivity index (χ0) is 23.4. The third-order valence-corrected chi connectivity index (χ3v) is 5.28. The first kappa shape index (κ1) is 21.8. The number of aryl methyl sites for hydroxylation is 1. The van der Waals surface area contributed by atoms with Crippen molar-refractivity contribution < 1.29 is 9.59 Å². The Bertz CT molecular complexity index is 1280. The molecule has 166 valence electrons. The molecule has 33 heavy (non-hydrogen) atoms. The summed E-state index contributed by atoms with van der Waals surface area (Å²) >= 11 is 0. The fourth-order valence-corrected chi connectivity index (χ4v) is 3.52. The van der Waals surface area contributed by atoms with Gasteiger partial charge in [0.25, 0.3) is 0 Å². The summed E-state index contributed by atoms with van der Waals surface area (Å²) in [4.78, 5) is 29.1. The number of carbonyl (C=O) groups is 2. The fraction of sp³-hybridized carbons (Fsp3) is 0.120. The average Bonchev–Trinajstić information content (AvgIpc) is 3.25. The number of benzene rings is 2. The number of amides is 2. The minimum Gasteiger partial charge on any atom is -0.374 e. The molecule has 0 fully saturated rings. The zero-order valence-electron chi connectivity index (χ0n) is 18.3. The predicted octanol–water partition coefficient (Wildman–Crippen LogP) is 3.69. The van der Waals surface area contributed by atoms with Crippen LogP contribution in [0.5, 0.6) is 0 Å². The van der Waals surface area contributed by atoms with Gasteiger partial charge in [-0.3, -0.25) is 14.3 Å². The summed E-state index contributed by atoms with van der Waals surface area (Å²) < 4.78 is 1.67. The van der Waals surface area contributed by atoms with Gasteiger partial charge in [0, 0.05) is 36.3 Å². The van der Waals surface area contributed by atoms with Crippen LogP contribution < -0.4 is 16.4 Å². The monoisotopic (exact) mass is 440 g/mol. The third-order valence-electron chi connectivity index (χ3n) is 5.28. The second-order valence-corrected chi connectivity index (χ2v) is 7.62. The van der Waals surface area contributed by atoms with Crippen molar-refractivity contribution in [2.45, 2.75) is 13.0 Å². The fourth-order valence-electron chi connectivity index (χ4n) is 3.52. The van der Waals surface area contributed by atoms with E-state index in [9.17, 15) is 9.59 Å². The van der Waals surface area contributed by atoms with Crippen molar-refractivity contribution in [3.63, 3.8) is 0 Å². The molecule has 0 bridgehead atoms. The standard InChI is InChI=1S/C25H24N6O2/c1-16(25(33)30-23-11-8-18(15-27-23)17-6-4-3-5-7-17)29-19-9-10-20(21(14-19)24(26)32)22-12-13-28-31(22)2/h3-16,29H,1-2H3,(H2,26,32)(H,27,30,33). The minimum absolute atomic E-state index is 0.258. The van der Waals surface area contributed by atoms with Crippen LogP contribution in [0.1, 0.15) is 17.3 Å². The number of anilines is 2. The van der Waals surface area contributed by atoms with Gasteiger partial charge in [-0.15, -0.1) is 0 Å². The van der Waals surface area contributed by atoms with Crippen LogP contribution in [0.2, 0.25) is 0 Å². The average molecular weight is 441 g/mol. The molecule has 2 aromatic carbocycles. The molecule has 2 aromatic heterocycles. The molecule has 0 saturated carbocycles. The molecule has 4 aromatic rings. The Labute approximate surface area is 191 Å². The van der Waals surface area contributed by atoms with Gasteiger partial charge in [-0.1, -0.05) is 30.3 Å². The Kier molecular flexibility index (Phi) is 6.17. The largest absolute Gasteiger partial charge is 0.374 e. The normalized spacial score (nSPS) is 11.6. The summed E-state index contributed by atoms with van der Waals surface area (Å²) in [6.07, 6.45) is 3.37. The van der Waals surface area contributed by atoms with E-state index in [0.29, 0.717) is 22.6 Å². The van der Waals surface area contributed by atoms with Gasteiger partial charge in [-0.05, 0) is 48.9 Å². The van der Waals surface area contributed by atoms with Crippen LogP contribution in [0.3, 0.4) is 0 Å². The van der Waals surface area contributed by atoms with E-state index in [1.54, 1.807) is 61.4 Å². The molecule has 0 aliphatic carbocycles. The molecule has 8 heteroatoms. The molecule has 0 saturated heterocycles. The second-order valence-electron chi connectivity index (χ2n) is 7.62. The molecule has 1 unspecified atom stereocenters. The Balaban J connectivity index is 1.45. The lowest BCUT2D eigenvalue weighted by Gasteiger charge is -2.17. The highest BCUT2D eigenvalue weighted by molar-refractivity contribution is 6.01. The van der Waals surface area contributed by atoms with E-state index in [-0.39, 0.29) is 5.91 Å². The van der Waals surface area contributed by atoms with Gasteiger partial charge in [0.05, 0.1) is 11.3 Å². The minimum atomic E-state index is -0.580. The number of nitrogens with one attached hydrogen (secondary N) is 2. The van der Waals surface area contributed by atoms with E-state index >= 15 is 0 Å². The van der Waals surface area contributed by atoms with Gasteiger partial charge >= 0.3 is 0 Å². The molecule has 0 radical (unpaired) electrons. The van der Waals surface area contributed by atoms with E-state index in [0.717, 1.165) is 16.8 Å². The summed E-state index contributed by atoms with van der Waals surface area (Å²) in [5.74, 6) is -0.362. The quantitative estimate of drug-likeness (QED) is 0.405. The van der Waals surface area contributed by atoms with Gasteiger partial charge in [-0.25, -0.2) is 4.98 Å². The van der Waals surface area contributed by atoms with Crippen LogP contribution in [0.15, 0.2) is 79.1 Å². The number of nitrogens with two attached hydrogens (primary N) is 1. The number of carbonyl (C=O) groups excluding carboxylic acids is 2. The van der Waals surface area contributed by atoms with Crippen LogP contribution in [0.25, 0.3) is 22.4 Å². The maximum absolute atomic E-state index is 12.7. The molecule has 2 heterocycles.